The molecule has 14 heteroatoms. The van der Waals surface area contributed by atoms with E-state index < -0.39 is 67.0 Å². The molecular formula is C25H29FO13. The van der Waals surface area contributed by atoms with Crippen LogP contribution in [0.1, 0.15) is 33.3 Å². The highest BCUT2D eigenvalue weighted by Gasteiger charge is 2.53. The van der Waals surface area contributed by atoms with Crippen LogP contribution in [0, 0.1) is 0 Å². The van der Waals surface area contributed by atoms with Gasteiger partial charge in [-0.1, -0.05) is 0 Å². The minimum atomic E-state index is -1.57. The van der Waals surface area contributed by atoms with Gasteiger partial charge in [-0.15, -0.1) is 0 Å². The van der Waals surface area contributed by atoms with Crippen molar-refractivity contribution in [1.29, 1.82) is 0 Å². The van der Waals surface area contributed by atoms with E-state index in [2.05, 4.69) is 0 Å². The largest absolute Gasteiger partial charge is 0.493 e. The van der Waals surface area contributed by atoms with E-state index in [1.165, 1.54) is 26.4 Å². The third-order valence-electron chi connectivity index (χ3n) is 5.08. The Hall–Kier alpha value is -4.20. The van der Waals surface area contributed by atoms with Crippen LogP contribution in [0.3, 0.4) is 0 Å². The predicted molar refractivity (Wildman–Crippen MR) is 127 cm³/mol. The number of esters is 4. The Balaban J connectivity index is 2.63. The van der Waals surface area contributed by atoms with Crippen LogP contribution in [0.2, 0.25) is 0 Å². The molecule has 214 valence electrons. The Labute approximate surface area is 223 Å². The second-order valence-corrected chi connectivity index (χ2v) is 8.09. The number of methoxy groups -OCH3 is 2. The Kier molecular flexibility index (Phi) is 11.2. The monoisotopic (exact) mass is 556 g/mol. The molecule has 1 aliphatic heterocycles. The molecule has 1 saturated heterocycles. The lowest BCUT2D eigenvalue weighted by Crippen LogP contribution is -2.63. The van der Waals surface area contributed by atoms with Crippen molar-refractivity contribution in [2.75, 3.05) is 20.8 Å². The standard InChI is InChI=1S/C25H29FO13/c1-12(28)34-11-20-22(35-13(2)29)23(36-14(3)30)24(37-15(4)31)25(38-20)39-21-18(32-5)8-16(7-17(26)10-27)9-19(21)33-6/h7-10,20,22-25H,11H2,1-6H3/b17-7-/t20-,22-,23+,24-,25+/m1/s1. The normalized spacial score (nSPS) is 22.6. The number of ether oxygens (including phenoxy) is 8. The summed E-state index contributed by atoms with van der Waals surface area (Å²) < 4.78 is 57.3. The lowest BCUT2D eigenvalue weighted by molar-refractivity contribution is -0.288. The van der Waals surface area contributed by atoms with Crippen molar-refractivity contribution in [3.8, 4) is 17.2 Å². The maximum Gasteiger partial charge on any atom is 0.303 e. The molecule has 5 atom stereocenters. The number of rotatable bonds is 11. The fourth-order valence-electron chi connectivity index (χ4n) is 3.69. The number of hydrogen-bond acceptors (Lipinski definition) is 13. The quantitative estimate of drug-likeness (QED) is 0.168. The van der Waals surface area contributed by atoms with Gasteiger partial charge in [0.2, 0.25) is 18.1 Å². The van der Waals surface area contributed by atoms with Gasteiger partial charge in [0.25, 0.3) is 0 Å². The van der Waals surface area contributed by atoms with Gasteiger partial charge in [0.1, 0.15) is 12.7 Å². The molecule has 39 heavy (non-hydrogen) atoms. The summed E-state index contributed by atoms with van der Waals surface area (Å²) in [6.07, 6.45) is -6.22. The zero-order chi connectivity index (χ0) is 29.3. The number of halogens is 1. The molecule has 1 aromatic carbocycles. The number of carbonyl (C=O) groups is 5. The van der Waals surface area contributed by atoms with Gasteiger partial charge in [-0.2, -0.15) is 0 Å². The Morgan fingerprint density at radius 3 is 1.82 bits per heavy atom. The van der Waals surface area contributed by atoms with Gasteiger partial charge in [0.05, 0.1) is 14.2 Å². The fraction of sp³-hybridized carbons (Fsp3) is 0.480. The summed E-state index contributed by atoms with van der Waals surface area (Å²) >= 11 is 0. The Morgan fingerprint density at radius 1 is 0.846 bits per heavy atom. The number of benzene rings is 1. The molecule has 0 N–H and O–H groups in total. The first-order chi connectivity index (χ1) is 18.4. The van der Waals surface area contributed by atoms with Gasteiger partial charge in [-0.25, -0.2) is 4.39 Å². The van der Waals surface area contributed by atoms with Crippen LogP contribution in [0.15, 0.2) is 18.0 Å². The summed E-state index contributed by atoms with van der Waals surface area (Å²) in [6.45, 7) is 3.94. The van der Waals surface area contributed by atoms with Crippen LogP contribution in [0.25, 0.3) is 6.08 Å². The zero-order valence-corrected chi connectivity index (χ0v) is 22.1. The minimum absolute atomic E-state index is 0.00726. The summed E-state index contributed by atoms with van der Waals surface area (Å²) in [5.41, 5.74) is 0.183. The van der Waals surface area contributed by atoms with E-state index >= 15 is 0 Å². The highest BCUT2D eigenvalue weighted by molar-refractivity contribution is 5.79. The molecule has 1 aliphatic rings. The number of allylic oxidation sites excluding steroid dienone is 1. The molecule has 0 spiro atoms. The predicted octanol–water partition coefficient (Wildman–Crippen LogP) is 1.67. The average Bonchev–Trinajstić information content (AvgIpc) is 2.85. The van der Waals surface area contributed by atoms with Gasteiger partial charge >= 0.3 is 23.9 Å². The van der Waals surface area contributed by atoms with E-state index in [1.807, 2.05) is 0 Å². The third-order valence-corrected chi connectivity index (χ3v) is 5.08. The molecule has 0 aliphatic carbocycles. The van der Waals surface area contributed by atoms with Gasteiger partial charge in [-0.05, 0) is 23.8 Å². The topological polar surface area (TPSA) is 159 Å². The molecule has 1 fully saturated rings. The van der Waals surface area contributed by atoms with Crippen LogP contribution >= 0.6 is 0 Å². The van der Waals surface area contributed by atoms with Crippen LogP contribution in [0.5, 0.6) is 17.2 Å². The summed E-state index contributed by atoms with van der Waals surface area (Å²) in [6, 6.07) is 2.65. The number of carbonyl (C=O) groups excluding carboxylic acids is 5. The number of aldehydes is 1. The Morgan fingerprint density at radius 2 is 1.36 bits per heavy atom. The summed E-state index contributed by atoms with van der Waals surface area (Å²) in [5, 5.41) is 0. The van der Waals surface area contributed by atoms with Gasteiger partial charge in [0, 0.05) is 27.7 Å². The maximum absolute atomic E-state index is 13.6. The molecule has 0 unspecified atom stereocenters. The number of hydrogen-bond donors (Lipinski definition) is 0. The van der Waals surface area contributed by atoms with Crippen molar-refractivity contribution in [2.24, 2.45) is 0 Å². The van der Waals surface area contributed by atoms with Crippen LogP contribution in [-0.4, -0.2) is 81.7 Å². The van der Waals surface area contributed by atoms with E-state index in [0.717, 1.165) is 33.8 Å². The van der Waals surface area contributed by atoms with Gasteiger partial charge in [0.15, 0.2) is 35.8 Å². The van der Waals surface area contributed by atoms with Crippen molar-refractivity contribution < 1.29 is 66.3 Å². The third kappa shape index (κ3) is 8.67. The van der Waals surface area contributed by atoms with Crippen molar-refractivity contribution in [3.63, 3.8) is 0 Å². The van der Waals surface area contributed by atoms with Gasteiger partial charge in [-0.3, -0.25) is 24.0 Å². The van der Waals surface area contributed by atoms with Crippen molar-refractivity contribution in [1.82, 2.24) is 0 Å². The lowest BCUT2D eigenvalue weighted by Gasteiger charge is -2.44. The maximum atomic E-state index is 13.6. The average molecular weight is 556 g/mol. The molecular weight excluding hydrogens is 527 g/mol. The van der Waals surface area contributed by atoms with Crippen molar-refractivity contribution in [2.45, 2.75) is 58.4 Å². The van der Waals surface area contributed by atoms with E-state index in [4.69, 9.17) is 37.9 Å². The Bertz CT molecular complexity index is 1090. The van der Waals surface area contributed by atoms with E-state index in [-0.39, 0.29) is 29.1 Å². The molecule has 0 bridgehead atoms. The van der Waals surface area contributed by atoms with Crippen LogP contribution < -0.4 is 14.2 Å². The molecule has 13 nitrogen and oxygen atoms in total. The smallest absolute Gasteiger partial charge is 0.303 e. The summed E-state index contributed by atoms with van der Waals surface area (Å²) in [7, 11) is 2.55. The first-order valence-corrected chi connectivity index (χ1v) is 11.5. The lowest BCUT2D eigenvalue weighted by atomic mass is 9.98. The molecule has 2 rings (SSSR count). The van der Waals surface area contributed by atoms with Crippen molar-refractivity contribution in [3.05, 3.63) is 23.5 Å². The minimum Gasteiger partial charge on any atom is -0.493 e. The first-order valence-electron chi connectivity index (χ1n) is 11.5. The van der Waals surface area contributed by atoms with E-state index in [9.17, 15) is 28.4 Å². The van der Waals surface area contributed by atoms with Crippen LogP contribution in [-0.2, 0) is 47.7 Å². The van der Waals surface area contributed by atoms with Crippen LogP contribution in [0.4, 0.5) is 4.39 Å². The van der Waals surface area contributed by atoms with E-state index in [0.29, 0.717) is 0 Å². The molecule has 0 saturated carbocycles. The SMILES string of the molecule is COc1cc(/C=C(\F)C=O)cc(OC)c1O[C@@H]1O[C@H](COC(C)=O)[C@@H](OC(C)=O)[C@H](OC(C)=O)[C@H]1OC(C)=O. The van der Waals surface area contributed by atoms with E-state index in [1.54, 1.807) is 0 Å². The fourth-order valence-corrected chi connectivity index (χ4v) is 3.69. The second kappa shape index (κ2) is 14.1. The zero-order valence-electron chi connectivity index (χ0n) is 22.1. The molecule has 0 aromatic heterocycles. The summed E-state index contributed by atoms with van der Waals surface area (Å²) in [5.74, 6) is -4.29. The molecule has 1 heterocycles. The first kappa shape index (κ1) is 31.0. The summed E-state index contributed by atoms with van der Waals surface area (Å²) in [4.78, 5) is 58.1. The van der Waals surface area contributed by atoms with Crippen molar-refractivity contribution >= 4 is 36.2 Å². The second-order valence-electron chi connectivity index (χ2n) is 8.09. The molecule has 1 aromatic rings. The highest BCUT2D eigenvalue weighted by Crippen LogP contribution is 2.42. The highest BCUT2D eigenvalue weighted by atomic mass is 19.1. The molecule has 0 amide bonds. The van der Waals surface area contributed by atoms with Gasteiger partial charge < -0.3 is 37.9 Å². The molecule has 0 radical (unpaired) electrons.